The first-order valence-electron chi connectivity index (χ1n) is 7.57. The second kappa shape index (κ2) is 7.54. The molecule has 0 bridgehead atoms. The van der Waals surface area contributed by atoms with Gasteiger partial charge in [0.15, 0.2) is 5.69 Å². The van der Waals surface area contributed by atoms with E-state index in [1.165, 1.54) is 5.56 Å². The molecule has 1 aromatic carbocycles. The SMILES string of the molecule is CC(/C=N\NC(=O)c1ccn(C)n1)=C\c1ccc(C(C)C)cc1. The van der Waals surface area contributed by atoms with Crippen molar-refractivity contribution in [2.24, 2.45) is 12.1 Å². The van der Waals surface area contributed by atoms with Crippen LogP contribution in [0.2, 0.25) is 0 Å². The van der Waals surface area contributed by atoms with Crippen molar-refractivity contribution < 1.29 is 4.79 Å². The van der Waals surface area contributed by atoms with Crippen LogP contribution < -0.4 is 5.43 Å². The van der Waals surface area contributed by atoms with Crippen molar-refractivity contribution in [3.8, 4) is 0 Å². The Bertz CT molecular complexity index is 724. The zero-order valence-corrected chi connectivity index (χ0v) is 13.9. The molecule has 5 nitrogen and oxygen atoms in total. The number of benzene rings is 1. The van der Waals surface area contributed by atoms with Crippen LogP contribution in [0.1, 0.15) is 48.3 Å². The predicted molar refractivity (Wildman–Crippen MR) is 93.3 cm³/mol. The fourth-order valence-electron chi connectivity index (χ4n) is 2.06. The first kappa shape index (κ1) is 16.7. The fraction of sp³-hybridized carbons (Fsp3) is 0.278. The third-order valence-corrected chi connectivity index (χ3v) is 3.38. The highest BCUT2D eigenvalue weighted by molar-refractivity contribution is 5.93. The third kappa shape index (κ3) is 4.92. The Labute approximate surface area is 136 Å². The molecule has 0 spiro atoms. The molecule has 5 heteroatoms. The molecule has 2 aromatic rings. The number of nitrogens with zero attached hydrogens (tertiary/aromatic N) is 3. The van der Waals surface area contributed by atoms with Gasteiger partial charge < -0.3 is 0 Å². The number of aryl methyl sites for hydroxylation is 1. The van der Waals surface area contributed by atoms with Crippen LogP contribution in [0.3, 0.4) is 0 Å². The normalized spacial score (nSPS) is 12.1. The Balaban J connectivity index is 1.94. The third-order valence-electron chi connectivity index (χ3n) is 3.38. The molecule has 1 heterocycles. The standard InChI is InChI=1S/C18H22N4O/c1-13(2)16-7-5-15(6-8-16)11-14(3)12-19-20-18(23)17-9-10-22(4)21-17/h5-13H,1-4H3,(H,20,23)/b14-11+,19-12-. The van der Waals surface area contributed by atoms with Crippen LogP contribution in [0.4, 0.5) is 0 Å². The highest BCUT2D eigenvalue weighted by Gasteiger charge is 2.06. The van der Waals surface area contributed by atoms with Gasteiger partial charge in [-0.3, -0.25) is 9.48 Å². The highest BCUT2D eigenvalue weighted by atomic mass is 16.2. The van der Waals surface area contributed by atoms with Gasteiger partial charge in [-0.25, -0.2) is 5.43 Å². The van der Waals surface area contributed by atoms with E-state index in [9.17, 15) is 4.79 Å². The Kier molecular flexibility index (Phi) is 5.46. The van der Waals surface area contributed by atoms with Crippen molar-refractivity contribution in [1.29, 1.82) is 0 Å². The summed E-state index contributed by atoms with van der Waals surface area (Å²) < 4.78 is 1.57. The van der Waals surface area contributed by atoms with Gasteiger partial charge in [0, 0.05) is 13.2 Å². The number of hydrogen-bond acceptors (Lipinski definition) is 3. The van der Waals surface area contributed by atoms with E-state index >= 15 is 0 Å². The van der Waals surface area contributed by atoms with Crippen LogP contribution in [0.5, 0.6) is 0 Å². The number of hydrazone groups is 1. The van der Waals surface area contributed by atoms with Crippen LogP contribution in [-0.4, -0.2) is 21.9 Å². The predicted octanol–water partition coefficient (Wildman–Crippen LogP) is 3.36. The number of allylic oxidation sites excluding steroid dienone is 1. The van der Waals surface area contributed by atoms with E-state index in [-0.39, 0.29) is 5.91 Å². The molecule has 0 unspecified atom stereocenters. The Morgan fingerprint density at radius 2 is 1.96 bits per heavy atom. The molecule has 1 amide bonds. The van der Waals surface area contributed by atoms with E-state index in [0.717, 1.165) is 11.1 Å². The monoisotopic (exact) mass is 310 g/mol. The van der Waals surface area contributed by atoms with Crippen molar-refractivity contribution in [3.05, 3.63) is 58.9 Å². The zero-order valence-electron chi connectivity index (χ0n) is 13.9. The lowest BCUT2D eigenvalue weighted by Gasteiger charge is -2.05. The average molecular weight is 310 g/mol. The molecule has 0 saturated heterocycles. The first-order valence-corrected chi connectivity index (χ1v) is 7.57. The minimum Gasteiger partial charge on any atom is -0.275 e. The lowest BCUT2D eigenvalue weighted by Crippen LogP contribution is -2.18. The van der Waals surface area contributed by atoms with Gasteiger partial charge in [-0.1, -0.05) is 44.2 Å². The molecule has 0 radical (unpaired) electrons. The topological polar surface area (TPSA) is 59.3 Å². The summed E-state index contributed by atoms with van der Waals surface area (Å²) >= 11 is 0. The zero-order chi connectivity index (χ0) is 16.8. The molecular formula is C18H22N4O. The maximum atomic E-state index is 11.8. The van der Waals surface area contributed by atoms with E-state index < -0.39 is 0 Å². The highest BCUT2D eigenvalue weighted by Crippen LogP contribution is 2.15. The van der Waals surface area contributed by atoms with Gasteiger partial charge in [-0.05, 0) is 35.6 Å². The lowest BCUT2D eigenvalue weighted by atomic mass is 10.0. The summed E-state index contributed by atoms with van der Waals surface area (Å²) in [6.45, 7) is 6.28. The van der Waals surface area contributed by atoms with E-state index in [2.05, 4.69) is 53.7 Å². The summed E-state index contributed by atoms with van der Waals surface area (Å²) in [6.07, 6.45) is 5.35. The van der Waals surface area contributed by atoms with Crippen molar-refractivity contribution >= 4 is 18.2 Å². The lowest BCUT2D eigenvalue weighted by molar-refractivity contribution is 0.0949. The molecule has 0 fully saturated rings. The first-order chi connectivity index (χ1) is 11.0. The van der Waals surface area contributed by atoms with Crippen molar-refractivity contribution in [1.82, 2.24) is 15.2 Å². The van der Waals surface area contributed by atoms with Gasteiger partial charge in [0.2, 0.25) is 0 Å². The summed E-state index contributed by atoms with van der Waals surface area (Å²) in [7, 11) is 1.76. The van der Waals surface area contributed by atoms with Gasteiger partial charge in [0.1, 0.15) is 0 Å². The number of rotatable bonds is 5. The summed E-state index contributed by atoms with van der Waals surface area (Å²) in [5.41, 5.74) is 6.18. The van der Waals surface area contributed by atoms with Crippen LogP contribution in [0.25, 0.3) is 6.08 Å². The summed E-state index contributed by atoms with van der Waals surface area (Å²) in [6, 6.07) is 10.1. The Morgan fingerprint density at radius 1 is 1.26 bits per heavy atom. The average Bonchev–Trinajstić information content (AvgIpc) is 2.94. The maximum Gasteiger partial charge on any atom is 0.291 e. The number of aromatic nitrogens is 2. The second-order valence-electron chi connectivity index (χ2n) is 5.78. The largest absolute Gasteiger partial charge is 0.291 e. The number of nitrogens with one attached hydrogen (secondary N) is 1. The molecule has 0 aliphatic rings. The van der Waals surface area contributed by atoms with Gasteiger partial charge in [0.05, 0.1) is 6.21 Å². The number of carbonyl (C=O) groups excluding carboxylic acids is 1. The summed E-state index contributed by atoms with van der Waals surface area (Å²) in [4.78, 5) is 11.8. The van der Waals surface area contributed by atoms with E-state index in [0.29, 0.717) is 11.6 Å². The van der Waals surface area contributed by atoms with Crippen LogP contribution in [-0.2, 0) is 7.05 Å². The molecule has 1 N–H and O–H groups in total. The molecule has 0 atom stereocenters. The summed E-state index contributed by atoms with van der Waals surface area (Å²) in [5, 5.41) is 7.97. The molecule has 0 saturated carbocycles. The van der Waals surface area contributed by atoms with Gasteiger partial charge in [-0.2, -0.15) is 10.2 Å². The molecule has 1 aromatic heterocycles. The van der Waals surface area contributed by atoms with Crippen molar-refractivity contribution in [3.63, 3.8) is 0 Å². The number of carbonyl (C=O) groups is 1. The van der Waals surface area contributed by atoms with Crippen molar-refractivity contribution in [2.75, 3.05) is 0 Å². The van der Waals surface area contributed by atoms with E-state index in [1.807, 2.05) is 13.0 Å². The fourth-order valence-corrected chi connectivity index (χ4v) is 2.06. The van der Waals surface area contributed by atoms with E-state index in [1.54, 1.807) is 30.2 Å². The van der Waals surface area contributed by atoms with Gasteiger partial charge in [0.25, 0.3) is 5.91 Å². The number of amides is 1. The molecule has 23 heavy (non-hydrogen) atoms. The second-order valence-corrected chi connectivity index (χ2v) is 5.78. The molecule has 120 valence electrons. The minimum absolute atomic E-state index is 0.323. The Morgan fingerprint density at radius 3 is 2.52 bits per heavy atom. The summed E-state index contributed by atoms with van der Waals surface area (Å²) in [5.74, 6) is 0.202. The minimum atomic E-state index is -0.323. The van der Waals surface area contributed by atoms with Gasteiger partial charge in [-0.15, -0.1) is 0 Å². The molecular weight excluding hydrogens is 288 g/mol. The quantitative estimate of drug-likeness (QED) is 0.680. The number of hydrogen-bond donors (Lipinski definition) is 1. The molecule has 0 aliphatic carbocycles. The van der Waals surface area contributed by atoms with Crippen LogP contribution in [0.15, 0.2) is 47.2 Å². The van der Waals surface area contributed by atoms with Gasteiger partial charge >= 0.3 is 0 Å². The maximum absolute atomic E-state index is 11.8. The molecule has 0 aliphatic heterocycles. The van der Waals surface area contributed by atoms with Crippen molar-refractivity contribution in [2.45, 2.75) is 26.7 Å². The molecule has 2 rings (SSSR count). The Hall–Kier alpha value is -2.69. The van der Waals surface area contributed by atoms with Crippen LogP contribution in [0, 0.1) is 0 Å². The van der Waals surface area contributed by atoms with Crippen LogP contribution >= 0.6 is 0 Å². The smallest absolute Gasteiger partial charge is 0.275 e. The van der Waals surface area contributed by atoms with E-state index in [4.69, 9.17) is 0 Å².